The fraction of sp³-hybridized carbons (Fsp3) is 0.256. The largest absolute Gasteiger partial charge is 0.508 e. The highest BCUT2D eigenvalue weighted by Crippen LogP contribution is 2.36. The minimum absolute atomic E-state index is 0.000558. The van der Waals surface area contributed by atoms with Crippen molar-refractivity contribution in [2.45, 2.75) is 52.5 Å². The van der Waals surface area contributed by atoms with Crippen molar-refractivity contribution >= 4 is 23.4 Å². The lowest BCUT2D eigenvalue weighted by atomic mass is 9.92. The first-order valence-electron chi connectivity index (χ1n) is 16.2. The lowest BCUT2D eigenvalue weighted by Gasteiger charge is -2.35. The normalized spacial score (nSPS) is 15.3. The van der Waals surface area contributed by atoms with Crippen molar-refractivity contribution in [1.82, 2.24) is 18.9 Å². The van der Waals surface area contributed by atoms with Crippen LogP contribution < -0.4 is 4.90 Å². The van der Waals surface area contributed by atoms with E-state index >= 15 is 0 Å². The third-order valence-electron chi connectivity index (χ3n) is 9.98. The molecule has 0 aliphatic carbocycles. The minimum atomic E-state index is -0.197. The molecule has 48 heavy (non-hydrogen) atoms. The lowest BCUT2D eigenvalue weighted by molar-refractivity contribution is -0.132. The van der Waals surface area contributed by atoms with Crippen LogP contribution in [0.3, 0.4) is 0 Å². The Kier molecular flexibility index (Phi) is 7.91. The minimum Gasteiger partial charge on any atom is -0.508 e. The number of carbonyl (C=O) groups excluding carboxylic acids is 3. The van der Waals surface area contributed by atoms with Crippen molar-refractivity contribution in [3.8, 4) is 17.0 Å². The highest BCUT2D eigenvalue weighted by molar-refractivity contribution is 6.08. The summed E-state index contributed by atoms with van der Waals surface area (Å²) in [6, 6.07) is 24.5. The molecule has 0 bridgehead atoms. The quantitative estimate of drug-likeness (QED) is 0.250. The van der Waals surface area contributed by atoms with Crippen molar-refractivity contribution in [3.05, 3.63) is 130 Å². The summed E-state index contributed by atoms with van der Waals surface area (Å²) in [5, 5.41) is 9.74. The Morgan fingerprint density at radius 3 is 2.21 bits per heavy atom. The number of aromatic nitrogens is 2. The van der Waals surface area contributed by atoms with Crippen LogP contribution in [0.4, 0.5) is 5.69 Å². The second-order valence-electron chi connectivity index (χ2n) is 13.0. The van der Waals surface area contributed by atoms with Crippen LogP contribution in [0, 0.1) is 6.92 Å². The van der Waals surface area contributed by atoms with Crippen molar-refractivity contribution in [1.29, 1.82) is 0 Å². The Balaban J connectivity index is 1.28. The number of anilines is 1. The first-order chi connectivity index (χ1) is 23.1. The van der Waals surface area contributed by atoms with Crippen LogP contribution in [0.1, 0.15) is 55.6 Å². The van der Waals surface area contributed by atoms with Gasteiger partial charge in [-0.2, -0.15) is 0 Å². The van der Waals surface area contributed by atoms with Crippen molar-refractivity contribution < 1.29 is 19.5 Å². The van der Waals surface area contributed by atoms with Gasteiger partial charge in [0.05, 0.1) is 5.56 Å². The lowest BCUT2D eigenvalue weighted by Crippen LogP contribution is -2.42. The molecular weight excluding hydrogens is 602 g/mol. The molecule has 9 heteroatoms. The number of phenolic OH excluding ortho intramolecular Hbond substituents is 1. The Labute approximate surface area is 280 Å². The Hall–Kier alpha value is -5.57. The van der Waals surface area contributed by atoms with Gasteiger partial charge in [-0.05, 0) is 97.1 Å². The summed E-state index contributed by atoms with van der Waals surface area (Å²) >= 11 is 0. The molecule has 3 amide bonds. The van der Waals surface area contributed by atoms with E-state index in [1.54, 1.807) is 36.2 Å². The molecule has 0 spiro atoms. The van der Waals surface area contributed by atoms with Gasteiger partial charge in [0.1, 0.15) is 12.3 Å². The van der Waals surface area contributed by atoms with E-state index in [0.29, 0.717) is 36.4 Å². The Bertz CT molecular complexity index is 2040. The summed E-state index contributed by atoms with van der Waals surface area (Å²) < 4.78 is 3.83. The number of fused-ring (bicyclic) bond motifs is 2. The Morgan fingerprint density at radius 1 is 0.833 bits per heavy atom. The zero-order chi connectivity index (χ0) is 33.7. The van der Waals surface area contributed by atoms with Crippen LogP contribution in [0.25, 0.3) is 11.3 Å². The molecular formula is C39H39N5O4. The van der Waals surface area contributed by atoms with Gasteiger partial charge in [0, 0.05) is 80.4 Å². The number of hydrogen-bond acceptors (Lipinski definition) is 4. The zero-order valence-corrected chi connectivity index (χ0v) is 27.7. The third kappa shape index (κ3) is 5.55. The number of aromatic hydroxyl groups is 1. The van der Waals surface area contributed by atoms with E-state index in [9.17, 15) is 19.5 Å². The average molecular weight is 642 g/mol. The van der Waals surface area contributed by atoms with Crippen LogP contribution in [0.5, 0.6) is 5.75 Å². The summed E-state index contributed by atoms with van der Waals surface area (Å²) in [5.41, 5.74) is 8.35. The summed E-state index contributed by atoms with van der Waals surface area (Å²) in [4.78, 5) is 47.1. The number of benzene rings is 3. The fourth-order valence-corrected chi connectivity index (χ4v) is 7.00. The number of hydrogen-bond donors (Lipinski definition) is 1. The standard InChI is InChI=1S/C39H39N5O4/c1-25-17-27-9-5-6-10-28(27)23-44(25)39(48)35-19-30-22-43(37(46)24-42-15-7-8-16-42)21-29(30)18-34(35)36-20-33(26(2)40(36)3)38(47)41(4)31-11-13-32(45)14-12-31/h5-16,18-20,25,45H,17,21-24H2,1-4H3/t25-/m1/s1. The molecule has 1 atom stereocenters. The molecule has 7 rings (SSSR count). The van der Waals surface area contributed by atoms with Gasteiger partial charge in [0.15, 0.2) is 0 Å². The molecule has 4 heterocycles. The smallest absolute Gasteiger partial charge is 0.259 e. The number of amides is 3. The number of nitrogens with zero attached hydrogens (tertiary/aromatic N) is 5. The van der Waals surface area contributed by atoms with E-state index in [1.807, 2.05) is 87.8 Å². The van der Waals surface area contributed by atoms with E-state index in [4.69, 9.17) is 0 Å². The molecule has 1 N–H and O–H groups in total. The maximum Gasteiger partial charge on any atom is 0.259 e. The van der Waals surface area contributed by atoms with Crippen LogP contribution in [-0.2, 0) is 44.4 Å². The van der Waals surface area contributed by atoms with Gasteiger partial charge >= 0.3 is 0 Å². The van der Waals surface area contributed by atoms with Gasteiger partial charge in [-0.25, -0.2) is 0 Å². The van der Waals surface area contributed by atoms with Crippen LogP contribution in [-0.4, -0.2) is 54.9 Å². The van der Waals surface area contributed by atoms with Gasteiger partial charge in [-0.1, -0.05) is 24.3 Å². The fourth-order valence-electron chi connectivity index (χ4n) is 7.00. The van der Waals surface area contributed by atoms with Gasteiger partial charge in [-0.3, -0.25) is 14.4 Å². The van der Waals surface area contributed by atoms with Crippen molar-refractivity contribution in [2.24, 2.45) is 7.05 Å². The second-order valence-corrected chi connectivity index (χ2v) is 13.0. The number of rotatable bonds is 6. The van der Waals surface area contributed by atoms with E-state index in [1.165, 1.54) is 5.56 Å². The molecule has 2 aliphatic rings. The van der Waals surface area contributed by atoms with E-state index in [2.05, 4.69) is 19.1 Å². The average Bonchev–Trinajstić information content (AvgIpc) is 3.83. The first-order valence-corrected chi connectivity index (χ1v) is 16.2. The van der Waals surface area contributed by atoms with Gasteiger partial charge < -0.3 is 28.9 Å². The predicted molar refractivity (Wildman–Crippen MR) is 185 cm³/mol. The molecule has 3 aromatic carbocycles. The van der Waals surface area contributed by atoms with Crippen molar-refractivity contribution in [3.63, 3.8) is 0 Å². The zero-order valence-electron chi connectivity index (χ0n) is 27.7. The summed E-state index contributed by atoms with van der Waals surface area (Å²) in [6.07, 6.45) is 4.53. The molecule has 0 fully saturated rings. The molecule has 0 radical (unpaired) electrons. The summed E-state index contributed by atoms with van der Waals surface area (Å²) in [6.45, 7) is 5.64. The molecule has 0 unspecified atom stereocenters. The topological polar surface area (TPSA) is 91.0 Å². The molecule has 244 valence electrons. The van der Waals surface area contributed by atoms with Gasteiger partial charge in [0.2, 0.25) is 5.91 Å². The molecule has 9 nitrogen and oxygen atoms in total. The molecule has 2 aromatic heterocycles. The maximum atomic E-state index is 14.6. The summed E-state index contributed by atoms with van der Waals surface area (Å²) in [7, 11) is 3.62. The highest BCUT2D eigenvalue weighted by Gasteiger charge is 2.33. The number of phenols is 1. The number of carbonyl (C=O) groups is 3. The Morgan fingerprint density at radius 2 is 1.50 bits per heavy atom. The maximum absolute atomic E-state index is 14.6. The van der Waals surface area contributed by atoms with Crippen molar-refractivity contribution in [2.75, 3.05) is 11.9 Å². The van der Waals surface area contributed by atoms with E-state index in [-0.39, 0.29) is 36.1 Å². The van der Waals surface area contributed by atoms with Crippen LogP contribution >= 0.6 is 0 Å². The monoisotopic (exact) mass is 641 g/mol. The molecule has 5 aromatic rings. The van der Waals surface area contributed by atoms with Gasteiger partial charge in [0.25, 0.3) is 11.8 Å². The van der Waals surface area contributed by atoms with Crippen LogP contribution in [0.15, 0.2) is 91.3 Å². The third-order valence-corrected chi connectivity index (χ3v) is 9.98. The van der Waals surface area contributed by atoms with E-state index < -0.39 is 0 Å². The highest BCUT2D eigenvalue weighted by atomic mass is 16.3. The predicted octanol–water partition coefficient (Wildman–Crippen LogP) is 5.91. The molecule has 0 saturated carbocycles. The van der Waals surface area contributed by atoms with Gasteiger partial charge in [-0.15, -0.1) is 0 Å². The molecule has 0 saturated heterocycles. The molecule has 2 aliphatic heterocycles. The SMILES string of the molecule is Cc1c(C(=O)N(C)c2ccc(O)cc2)cc(-c2cc3c(cc2C(=O)N2Cc4ccccc4C[C@H]2C)CN(C(=O)Cn2cccc2)C3)n1C. The summed E-state index contributed by atoms with van der Waals surface area (Å²) in [5.74, 6) is -0.127. The van der Waals surface area contributed by atoms with Crippen LogP contribution in [0.2, 0.25) is 0 Å². The van der Waals surface area contributed by atoms with E-state index in [0.717, 1.165) is 40.1 Å². The first kappa shape index (κ1) is 31.1. The second kappa shape index (κ2) is 12.2.